The molecule has 6 nitrogen and oxygen atoms in total. The molecule has 0 radical (unpaired) electrons. The predicted molar refractivity (Wildman–Crippen MR) is 71.0 cm³/mol. The number of hydrogen-bond donors (Lipinski definition) is 3. The van der Waals surface area contributed by atoms with Crippen LogP contribution in [0.4, 0.5) is 4.79 Å². The number of carboxylic acid groups (broad SMARTS) is 1. The molecule has 0 aliphatic carbocycles. The highest BCUT2D eigenvalue weighted by Gasteiger charge is 2.28. The summed E-state index contributed by atoms with van der Waals surface area (Å²) in [5.41, 5.74) is -0.306. The van der Waals surface area contributed by atoms with Gasteiger partial charge in [-0.1, -0.05) is 20.8 Å². The summed E-state index contributed by atoms with van der Waals surface area (Å²) in [5.74, 6) is -0.917. The fourth-order valence-corrected chi connectivity index (χ4v) is 1.97. The molecular formula is C13H24N2O4. The van der Waals surface area contributed by atoms with E-state index < -0.39 is 12.0 Å². The molecule has 1 fully saturated rings. The Morgan fingerprint density at radius 2 is 2.11 bits per heavy atom. The van der Waals surface area contributed by atoms with Crippen molar-refractivity contribution in [1.82, 2.24) is 10.6 Å². The molecule has 0 aromatic heterocycles. The molecule has 1 aliphatic rings. The van der Waals surface area contributed by atoms with Gasteiger partial charge in [-0.05, 0) is 18.3 Å². The molecule has 110 valence electrons. The fourth-order valence-electron chi connectivity index (χ4n) is 1.97. The van der Waals surface area contributed by atoms with Crippen LogP contribution < -0.4 is 10.6 Å². The van der Waals surface area contributed by atoms with Gasteiger partial charge in [0.15, 0.2) is 0 Å². The standard InChI is InChI=1S/C13H24N2O4/c1-13(2,3)10(7-11(16)17)15-12(18)14-8-9-5-4-6-19-9/h9-10H,4-8H2,1-3H3,(H,16,17)(H2,14,15,18). The Bertz CT molecular complexity index is 319. The van der Waals surface area contributed by atoms with Crippen molar-refractivity contribution in [3.63, 3.8) is 0 Å². The first-order valence-corrected chi connectivity index (χ1v) is 6.67. The molecule has 6 heteroatoms. The number of urea groups is 1. The van der Waals surface area contributed by atoms with E-state index in [1.165, 1.54) is 0 Å². The van der Waals surface area contributed by atoms with E-state index in [0.717, 1.165) is 19.4 Å². The summed E-state index contributed by atoms with van der Waals surface area (Å²) in [7, 11) is 0. The Balaban J connectivity index is 2.39. The van der Waals surface area contributed by atoms with E-state index in [2.05, 4.69) is 10.6 Å². The molecule has 1 rings (SSSR count). The van der Waals surface area contributed by atoms with Crippen molar-refractivity contribution in [2.75, 3.05) is 13.2 Å². The van der Waals surface area contributed by atoms with E-state index in [1.54, 1.807) is 0 Å². The summed E-state index contributed by atoms with van der Waals surface area (Å²) < 4.78 is 5.40. The molecule has 3 N–H and O–H groups in total. The number of ether oxygens (including phenoxy) is 1. The smallest absolute Gasteiger partial charge is 0.315 e. The summed E-state index contributed by atoms with van der Waals surface area (Å²) in [6.07, 6.45) is 1.98. The van der Waals surface area contributed by atoms with Crippen molar-refractivity contribution >= 4 is 12.0 Å². The molecular weight excluding hydrogens is 248 g/mol. The van der Waals surface area contributed by atoms with Gasteiger partial charge in [0.2, 0.25) is 0 Å². The Kier molecular flexibility index (Phi) is 5.60. The van der Waals surface area contributed by atoms with Gasteiger partial charge in [0, 0.05) is 19.2 Å². The molecule has 0 spiro atoms. The monoisotopic (exact) mass is 272 g/mol. The van der Waals surface area contributed by atoms with Crippen molar-refractivity contribution in [3.05, 3.63) is 0 Å². The molecule has 2 amide bonds. The largest absolute Gasteiger partial charge is 0.481 e. The Morgan fingerprint density at radius 3 is 2.58 bits per heavy atom. The lowest BCUT2D eigenvalue weighted by Gasteiger charge is -2.30. The third-order valence-electron chi connectivity index (χ3n) is 3.24. The summed E-state index contributed by atoms with van der Waals surface area (Å²) >= 11 is 0. The van der Waals surface area contributed by atoms with Crippen molar-refractivity contribution in [1.29, 1.82) is 0 Å². The molecule has 1 saturated heterocycles. The lowest BCUT2D eigenvalue weighted by Crippen LogP contribution is -2.50. The first-order chi connectivity index (χ1) is 8.79. The van der Waals surface area contributed by atoms with Crippen LogP contribution in [-0.4, -0.2) is 42.4 Å². The maximum atomic E-state index is 11.8. The number of carboxylic acids is 1. The van der Waals surface area contributed by atoms with Crippen LogP contribution in [0, 0.1) is 5.41 Å². The number of nitrogens with one attached hydrogen (secondary N) is 2. The lowest BCUT2D eigenvalue weighted by atomic mass is 9.85. The van der Waals surface area contributed by atoms with E-state index in [1.807, 2.05) is 20.8 Å². The number of carbonyl (C=O) groups excluding carboxylic acids is 1. The minimum Gasteiger partial charge on any atom is -0.481 e. The zero-order chi connectivity index (χ0) is 14.5. The van der Waals surface area contributed by atoms with E-state index in [0.29, 0.717) is 6.54 Å². The SMILES string of the molecule is CC(C)(C)C(CC(=O)O)NC(=O)NCC1CCCO1. The van der Waals surface area contributed by atoms with Crippen molar-refractivity contribution < 1.29 is 19.4 Å². The van der Waals surface area contributed by atoms with Gasteiger partial charge < -0.3 is 20.5 Å². The van der Waals surface area contributed by atoms with Gasteiger partial charge in [-0.25, -0.2) is 4.79 Å². The molecule has 1 heterocycles. The molecule has 0 aromatic rings. The zero-order valence-corrected chi connectivity index (χ0v) is 11.9. The molecule has 0 bridgehead atoms. The quantitative estimate of drug-likeness (QED) is 0.705. The Morgan fingerprint density at radius 1 is 1.42 bits per heavy atom. The van der Waals surface area contributed by atoms with E-state index >= 15 is 0 Å². The van der Waals surface area contributed by atoms with Gasteiger partial charge in [0.25, 0.3) is 0 Å². The number of amides is 2. The van der Waals surface area contributed by atoms with Crippen LogP contribution >= 0.6 is 0 Å². The third-order valence-corrected chi connectivity index (χ3v) is 3.24. The average Bonchev–Trinajstić information content (AvgIpc) is 2.76. The fraction of sp³-hybridized carbons (Fsp3) is 0.846. The molecule has 0 saturated carbocycles. The highest BCUT2D eigenvalue weighted by atomic mass is 16.5. The van der Waals surface area contributed by atoms with Gasteiger partial charge in [-0.15, -0.1) is 0 Å². The second-order valence-electron chi connectivity index (χ2n) is 6.01. The molecule has 2 unspecified atom stereocenters. The van der Waals surface area contributed by atoms with E-state index in [4.69, 9.17) is 9.84 Å². The van der Waals surface area contributed by atoms with Crippen LogP contribution in [0.3, 0.4) is 0 Å². The van der Waals surface area contributed by atoms with Crippen LogP contribution in [-0.2, 0) is 9.53 Å². The van der Waals surface area contributed by atoms with E-state index in [-0.39, 0.29) is 24.0 Å². The predicted octanol–water partition coefficient (Wildman–Crippen LogP) is 1.35. The molecule has 19 heavy (non-hydrogen) atoms. The minimum absolute atomic E-state index is 0.0818. The first-order valence-electron chi connectivity index (χ1n) is 6.67. The van der Waals surface area contributed by atoms with Crippen LogP contribution in [0.2, 0.25) is 0 Å². The van der Waals surface area contributed by atoms with E-state index in [9.17, 15) is 9.59 Å². The van der Waals surface area contributed by atoms with Crippen molar-refractivity contribution in [2.45, 2.75) is 52.2 Å². The summed E-state index contributed by atoms with van der Waals surface area (Å²) in [6.45, 7) is 6.93. The highest BCUT2D eigenvalue weighted by Crippen LogP contribution is 2.21. The summed E-state index contributed by atoms with van der Waals surface area (Å²) in [5, 5.41) is 14.3. The molecule has 0 aromatic carbocycles. The summed E-state index contributed by atoms with van der Waals surface area (Å²) in [4.78, 5) is 22.6. The topological polar surface area (TPSA) is 87.7 Å². The van der Waals surface area contributed by atoms with Crippen LogP contribution in [0.15, 0.2) is 0 Å². The average molecular weight is 272 g/mol. The van der Waals surface area contributed by atoms with Gasteiger partial charge in [0.1, 0.15) is 0 Å². The van der Waals surface area contributed by atoms with Gasteiger partial charge in [-0.2, -0.15) is 0 Å². The van der Waals surface area contributed by atoms with Crippen LogP contribution in [0.25, 0.3) is 0 Å². The first kappa shape index (κ1) is 15.8. The highest BCUT2D eigenvalue weighted by molar-refractivity contribution is 5.75. The van der Waals surface area contributed by atoms with Gasteiger partial charge in [-0.3, -0.25) is 4.79 Å². The number of hydrogen-bond acceptors (Lipinski definition) is 3. The normalized spacial score (nSPS) is 20.9. The maximum Gasteiger partial charge on any atom is 0.315 e. The number of carbonyl (C=O) groups is 2. The lowest BCUT2D eigenvalue weighted by molar-refractivity contribution is -0.138. The minimum atomic E-state index is -0.917. The molecule has 1 aliphatic heterocycles. The van der Waals surface area contributed by atoms with Gasteiger partial charge in [0.05, 0.1) is 12.5 Å². The third kappa shape index (κ3) is 5.92. The van der Waals surface area contributed by atoms with Crippen LogP contribution in [0.5, 0.6) is 0 Å². The Labute approximate surface area is 113 Å². The second-order valence-corrected chi connectivity index (χ2v) is 6.01. The zero-order valence-electron chi connectivity index (χ0n) is 11.9. The van der Waals surface area contributed by atoms with Crippen molar-refractivity contribution in [3.8, 4) is 0 Å². The summed E-state index contributed by atoms with van der Waals surface area (Å²) in [6, 6.07) is -0.744. The van der Waals surface area contributed by atoms with Gasteiger partial charge >= 0.3 is 12.0 Å². The molecule has 2 atom stereocenters. The van der Waals surface area contributed by atoms with Crippen molar-refractivity contribution in [2.24, 2.45) is 5.41 Å². The second kappa shape index (κ2) is 6.75. The van der Waals surface area contributed by atoms with Crippen LogP contribution in [0.1, 0.15) is 40.0 Å². The maximum absolute atomic E-state index is 11.8. The Hall–Kier alpha value is -1.30. The number of aliphatic carboxylic acids is 1. The number of rotatable bonds is 5.